The Kier molecular flexibility index (Phi) is 8.06. The van der Waals surface area contributed by atoms with Crippen molar-refractivity contribution in [2.45, 2.75) is 36.7 Å². The first-order valence-electron chi connectivity index (χ1n) is 13.3. The number of thioether (sulfide) groups is 1. The van der Waals surface area contributed by atoms with Gasteiger partial charge in [-0.3, -0.25) is 9.78 Å². The molecule has 1 aliphatic heterocycles. The van der Waals surface area contributed by atoms with Crippen LogP contribution in [0.25, 0.3) is 11.0 Å². The normalized spacial score (nSPS) is 18.8. The van der Waals surface area contributed by atoms with Crippen LogP contribution in [0.2, 0.25) is 0 Å². The molecule has 0 bridgehead atoms. The van der Waals surface area contributed by atoms with E-state index >= 15 is 0 Å². The Morgan fingerprint density at radius 3 is 2.49 bits per heavy atom. The molecule has 2 N–H and O–H groups in total. The lowest BCUT2D eigenvalue weighted by Gasteiger charge is -2.36. The van der Waals surface area contributed by atoms with Gasteiger partial charge in [0.05, 0.1) is 36.0 Å². The number of nitrogens with one attached hydrogen (secondary N) is 1. The molecular formula is C31H29N5O4S. The maximum atomic E-state index is 12.8. The van der Waals surface area contributed by atoms with E-state index in [1.807, 2.05) is 90.6 Å². The number of amides is 1. The van der Waals surface area contributed by atoms with E-state index in [1.165, 1.54) is 6.20 Å². The van der Waals surface area contributed by atoms with Crippen LogP contribution in [0.1, 0.15) is 46.0 Å². The summed E-state index contributed by atoms with van der Waals surface area (Å²) in [6.45, 7) is -0.00318. The van der Waals surface area contributed by atoms with Crippen LogP contribution in [-0.2, 0) is 23.1 Å². The Bertz CT molecular complexity index is 1640. The molecule has 0 radical (unpaired) electrons. The second kappa shape index (κ2) is 12.2. The van der Waals surface area contributed by atoms with Gasteiger partial charge in [-0.25, -0.2) is 9.97 Å². The number of benzene rings is 3. The first-order chi connectivity index (χ1) is 20.1. The van der Waals surface area contributed by atoms with E-state index in [-0.39, 0.29) is 30.4 Å². The highest BCUT2D eigenvalue weighted by Crippen LogP contribution is 2.39. The summed E-state index contributed by atoms with van der Waals surface area (Å²) in [5.41, 5.74) is 5.00. The van der Waals surface area contributed by atoms with Crippen molar-refractivity contribution in [1.82, 2.24) is 19.5 Å². The fourth-order valence-electron chi connectivity index (χ4n) is 4.67. The van der Waals surface area contributed by atoms with Crippen molar-refractivity contribution in [3.63, 3.8) is 0 Å². The van der Waals surface area contributed by atoms with Crippen molar-refractivity contribution in [2.24, 2.45) is 7.05 Å². The largest absolute Gasteiger partial charge is 0.392 e. The summed E-state index contributed by atoms with van der Waals surface area (Å²) >= 11 is 1.65. The van der Waals surface area contributed by atoms with E-state index in [0.29, 0.717) is 17.6 Å². The number of aliphatic hydroxyl groups is 1. The van der Waals surface area contributed by atoms with Crippen LogP contribution < -0.4 is 5.32 Å². The van der Waals surface area contributed by atoms with E-state index in [9.17, 15) is 9.90 Å². The quantitative estimate of drug-likeness (QED) is 0.238. The summed E-state index contributed by atoms with van der Waals surface area (Å²) in [5, 5.41) is 13.3. The molecule has 6 rings (SSSR count). The fraction of sp³-hybridized carbons (Fsp3) is 0.226. The lowest BCUT2D eigenvalue weighted by Crippen LogP contribution is -2.31. The molecule has 1 aliphatic rings. The number of para-hydroxylation sites is 2. The Morgan fingerprint density at radius 2 is 1.76 bits per heavy atom. The first-order valence-corrected chi connectivity index (χ1v) is 14.3. The van der Waals surface area contributed by atoms with Gasteiger partial charge in [-0.05, 0) is 35.4 Å². The average Bonchev–Trinajstić information content (AvgIpc) is 3.44. The van der Waals surface area contributed by atoms with E-state index in [1.54, 1.807) is 18.0 Å². The number of carbonyl (C=O) groups is 1. The summed E-state index contributed by atoms with van der Waals surface area (Å²) in [5.74, 6) is 0.385. The molecule has 3 heterocycles. The monoisotopic (exact) mass is 567 g/mol. The second-order valence-electron chi connectivity index (χ2n) is 9.80. The summed E-state index contributed by atoms with van der Waals surface area (Å²) in [6, 6.07) is 22.7. The van der Waals surface area contributed by atoms with E-state index in [0.717, 1.165) is 33.1 Å². The molecule has 0 unspecified atom stereocenters. The highest BCUT2D eigenvalue weighted by atomic mass is 32.2. The van der Waals surface area contributed by atoms with Gasteiger partial charge in [0.2, 0.25) is 0 Å². The summed E-state index contributed by atoms with van der Waals surface area (Å²) in [4.78, 5) is 26.0. The van der Waals surface area contributed by atoms with Gasteiger partial charge in [-0.15, -0.1) is 0 Å². The molecule has 9 nitrogen and oxygen atoms in total. The number of ether oxygens (including phenoxy) is 2. The SMILES string of the molecule is Cn1ccnc1SC[C@H]1C[C@@H](c2ccc(CO)cc2)O[C@@H](c2ccc(NC(=O)c3cnc4ccccc4n3)cc2)O1. The summed E-state index contributed by atoms with van der Waals surface area (Å²) < 4.78 is 14.8. The van der Waals surface area contributed by atoms with Gasteiger partial charge in [-0.2, -0.15) is 0 Å². The number of fused-ring (bicyclic) bond motifs is 1. The molecule has 3 aromatic carbocycles. The molecule has 1 fully saturated rings. The Hall–Kier alpha value is -4.09. The second-order valence-corrected chi connectivity index (χ2v) is 10.8. The zero-order chi connectivity index (χ0) is 28.2. The predicted octanol–water partition coefficient (Wildman–Crippen LogP) is 5.45. The van der Waals surface area contributed by atoms with Crippen molar-refractivity contribution < 1.29 is 19.4 Å². The van der Waals surface area contributed by atoms with E-state index < -0.39 is 6.29 Å². The van der Waals surface area contributed by atoms with Crippen LogP contribution in [0.15, 0.2) is 96.5 Å². The maximum Gasteiger partial charge on any atom is 0.275 e. The molecule has 1 saturated heterocycles. The molecule has 1 amide bonds. The standard InChI is InChI=1S/C31H29N5O4S/c1-36-15-14-32-31(36)41-19-24-16-28(21-8-6-20(18-37)7-9-21)40-30(39-24)22-10-12-23(13-11-22)34-29(38)27-17-33-25-4-2-3-5-26(25)35-27/h2-15,17,24,28,30,37H,16,18-19H2,1H3,(H,34,38)/t24-,28+,30+/m1/s1. The van der Waals surface area contributed by atoms with Gasteiger partial charge in [0.1, 0.15) is 5.69 Å². The van der Waals surface area contributed by atoms with Crippen LogP contribution in [0, 0.1) is 0 Å². The third-order valence-electron chi connectivity index (χ3n) is 6.91. The van der Waals surface area contributed by atoms with Crippen LogP contribution in [-0.4, -0.2) is 42.4 Å². The van der Waals surface area contributed by atoms with Crippen LogP contribution in [0.3, 0.4) is 0 Å². The molecule has 0 spiro atoms. The van der Waals surface area contributed by atoms with Gasteiger partial charge in [0.25, 0.3) is 5.91 Å². The molecule has 2 aromatic heterocycles. The zero-order valence-corrected chi connectivity index (χ0v) is 23.2. The number of hydrogen-bond donors (Lipinski definition) is 2. The van der Waals surface area contributed by atoms with Crippen molar-refractivity contribution in [3.05, 3.63) is 114 Å². The van der Waals surface area contributed by atoms with Gasteiger partial charge < -0.3 is 24.5 Å². The number of carbonyl (C=O) groups excluding carboxylic acids is 1. The van der Waals surface area contributed by atoms with Gasteiger partial charge in [-0.1, -0.05) is 60.3 Å². The van der Waals surface area contributed by atoms with Crippen molar-refractivity contribution >= 4 is 34.4 Å². The molecule has 10 heteroatoms. The topological polar surface area (TPSA) is 111 Å². The third-order valence-corrected chi connectivity index (χ3v) is 8.10. The number of aryl methyl sites for hydroxylation is 1. The first kappa shape index (κ1) is 27.1. The number of rotatable bonds is 8. The summed E-state index contributed by atoms with van der Waals surface area (Å²) in [6.07, 6.45) is 5.03. The number of aliphatic hydroxyl groups excluding tert-OH is 1. The van der Waals surface area contributed by atoms with Crippen molar-refractivity contribution in [2.75, 3.05) is 11.1 Å². The minimum absolute atomic E-state index is 0.00318. The minimum atomic E-state index is -0.589. The number of nitrogens with zero attached hydrogens (tertiary/aromatic N) is 4. The molecule has 208 valence electrons. The van der Waals surface area contributed by atoms with Crippen LogP contribution >= 0.6 is 11.8 Å². The van der Waals surface area contributed by atoms with Gasteiger partial charge in [0, 0.05) is 42.9 Å². The Morgan fingerprint density at radius 1 is 1.00 bits per heavy atom. The highest BCUT2D eigenvalue weighted by molar-refractivity contribution is 7.99. The minimum Gasteiger partial charge on any atom is -0.392 e. The molecule has 3 atom stereocenters. The fourth-order valence-corrected chi connectivity index (χ4v) is 5.62. The maximum absolute atomic E-state index is 12.8. The third kappa shape index (κ3) is 6.31. The molecule has 5 aromatic rings. The number of hydrogen-bond acceptors (Lipinski definition) is 8. The van der Waals surface area contributed by atoms with Crippen LogP contribution in [0.5, 0.6) is 0 Å². The zero-order valence-electron chi connectivity index (χ0n) is 22.4. The van der Waals surface area contributed by atoms with Gasteiger partial charge >= 0.3 is 0 Å². The lowest BCUT2D eigenvalue weighted by molar-refractivity contribution is -0.245. The highest BCUT2D eigenvalue weighted by Gasteiger charge is 2.32. The predicted molar refractivity (Wildman–Crippen MR) is 156 cm³/mol. The number of imidazole rings is 1. The number of aromatic nitrogens is 4. The van der Waals surface area contributed by atoms with Crippen LogP contribution in [0.4, 0.5) is 5.69 Å². The van der Waals surface area contributed by atoms with Gasteiger partial charge in [0.15, 0.2) is 11.4 Å². The smallest absolute Gasteiger partial charge is 0.275 e. The lowest BCUT2D eigenvalue weighted by atomic mass is 10.0. The van der Waals surface area contributed by atoms with Crippen molar-refractivity contribution in [1.29, 1.82) is 0 Å². The molecular weight excluding hydrogens is 538 g/mol. The average molecular weight is 568 g/mol. The Labute approximate surface area is 241 Å². The molecule has 0 saturated carbocycles. The Balaban J connectivity index is 1.17. The van der Waals surface area contributed by atoms with Crippen molar-refractivity contribution in [3.8, 4) is 0 Å². The molecule has 41 heavy (non-hydrogen) atoms. The van der Waals surface area contributed by atoms with E-state index in [4.69, 9.17) is 9.47 Å². The number of anilines is 1. The molecule has 0 aliphatic carbocycles. The van der Waals surface area contributed by atoms with E-state index in [2.05, 4.69) is 20.3 Å². The summed E-state index contributed by atoms with van der Waals surface area (Å²) in [7, 11) is 1.97.